The summed E-state index contributed by atoms with van der Waals surface area (Å²) in [5, 5.41) is 3.08. The van der Waals surface area contributed by atoms with Gasteiger partial charge in [0.2, 0.25) is 11.0 Å². The number of aromatic nitrogens is 2. The lowest BCUT2D eigenvalue weighted by atomic mass is 10.0. The Bertz CT molecular complexity index is 695. The molecular weight excluding hydrogens is 316 g/mol. The van der Waals surface area contributed by atoms with E-state index in [1.165, 1.54) is 22.0 Å². The number of carbonyl (C=O) groups is 1. The van der Waals surface area contributed by atoms with Crippen LogP contribution in [0.4, 0.5) is 5.13 Å². The normalized spacial score (nSPS) is 21.2. The Labute approximate surface area is 137 Å². The fourth-order valence-electron chi connectivity index (χ4n) is 3.24. The fourth-order valence-corrected chi connectivity index (χ4v) is 4.84. The molecule has 1 amide bonds. The van der Waals surface area contributed by atoms with Crippen molar-refractivity contribution in [2.45, 2.75) is 26.3 Å². The van der Waals surface area contributed by atoms with Crippen molar-refractivity contribution in [2.24, 2.45) is 5.92 Å². The van der Waals surface area contributed by atoms with Gasteiger partial charge in [0, 0.05) is 42.6 Å². The van der Waals surface area contributed by atoms with Gasteiger partial charge in [0.05, 0.1) is 5.92 Å². The lowest BCUT2D eigenvalue weighted by Crippen LogP contribution is -2.40. The van der Waals surface area contributed by atoms with Crippen molar-refractivity contribution in [2.75, 3.05) is 24.5 Å². The second kappa shape index (κ2) is 5.62. The van der Waals surface area contributed by atoms with Gasteiger partial charge in [0.25, 0.3) is 0 Å². The van der Waals surface area contributed by atoms with E-state index < -0.39 is 0 Å². The van der Waals surface area contributed by atoms with E-state index in [1.54, 1.807) is 0 Å². The van der Waals surface area contributed by atoms with Gasteiger partial charge in [-0.25, -0.2) is 4.98 Å². The maximum Gasteiger partial charge on any atom is 0.227 e. The van der Waals surface area contributed by atoms with E-state index in [2.05, 4.69) is 25.7 Å². The van der Waals surface area contributed by atoms with E-state index in [1.807, 2.05) is 23.2 Å². The number of anilines is 1. The monoisotopic (exact) mass is 334 g/mol. The summed E-state index contributed by atoms with van der Waals surface area (Å²) in [5.74, 6) is 1.22. The molecule has 1 atom stereocenters. The molecule has 22 heavy (non-hydrogen) atoms. The van der Waals surface area contributed by atoms with Crippen LogP contribution in [0.1, 0.15) is 22.7 Å². The first-order chi connectivity index (χ1) is 10.7. The summed E-state index contributed by atoms with van der Waals surface area (Å²) in [4.78, 5) is 22.9. The minimum Gasteiger partial charge on any atom is -0.346 e. The summed E-state index contributed by atoms with van der Waals surface area (Å²) < 4.78 is 4.23. The number of hydrogen-bond donors (Lipinski definition) is 0. The van der Waals surface area contributed by atoms with Crippen LogP contribution >= 0.6 is 22.9 Å². The summed E-state index contributed by atoms with van der Waals surface area (Å²) in [6.45, 7) is 5.24. The molecule has 0 saturated carbocycles. The highest BCUT2D eigenvalue weighted by molar-refractivity contribution is 7.10. The predicted molar refractivity (Wildman–Crippen MR) is 88.4 cm³/mol. The first-order valence-corrected chi connectivity index (χ1v) is 9.25. The van der Waals surface area contributed by atoms with Crippen LogP contribution in [0.2, 0.25) is 0 Å². The molecule has 0 N–H and O–H groups in total. The molecule has 0 aliphatic carbocycles. The standard InChI is InChI=1S/C15H18N4OS2/c1-10-16-15(22-17-10)19-5-2-12(9-19)14(20)18-6-3-13-11(8-18)4-7-21-13/h4,7,12H,2-3,5-6,8-9H2,1H3. The molecule has 2 aromatic rings. The molecule has 2 aliphatic heterocycles. The first-order valence-electron chi connectivity index (χ1n) is 7.60. The van der Waals surface area contributed by atoms with Crippen LogP contribution in [0.25, 0.3) is 0 Å². The highest BCUT2D eigenvalue weighted by Crippen LogP contribution is 2.29. The molecule has 0 bridgehead atoms. The van der Waals surface area contributed by atoms with E-state index in [-0.39, 0.29) is 5.92 Å². The lowest BCUT2D eigenvalue weighted by molar-refractivity contribution is -0.135. The minimum absolute atomic E-state index is 0.101. The molecular formula is C15H18N4OS2. The molecule has 4 rings (SSSR count). The SMILES string of the molecule is Cc1nsc(N2CCC(C(=O)N3CCc4sccc4C3)C2)n1. The maximum absolute atomic E-state index is 12.8. The molecule has 5 nitrogen and oxygen atoms in total. The van der Waals surface area contributed by atoms with Crippen molar-refractivity contribution in [1.29, 1.82) is 0 Å². The third-order valence-corrected chi connectivity index (χ3v) is 6.34. The van der Waals surface area contributed by atoms with Crippen molar-refractivity contribution >= 4 is 33.9 Å². The van der Waals surface area contributed by atoms with Crippen molar-refractivity contribution in [3.8, 4) is 0 Å². The van der Waals surface area contributed by atoms with Gasteiger partial charge in [-0.2, -0.15) is 4.37 Å². The molecule has 2 aliphatic rings. The van der Waals surface area contributed by atoms with Crippen molar-refractivity contribution in [3.05, 3.63) is 27.7 Å². The van der Waals surface area contributed by atoms with E-state index in [0.29, 0.717) is 5.91 Å². The van der Waals surface area contributed by atoms with Gasteiger partial charge in [-0.1, -0.05) is 0 Å². The number of thiophene rings is 1. The number of amides is 1. The third-order valence-electron chi connectivity index (χ3n) is 4.44. The zero-order valence-electron chi connectivity index (χ0n) is 12.5. The van der Waals surface area contributed by atoms with Crippen LogP contribution < -0.4 is 4.90 Å². The Morgan fingerprint density at radius 2 is 2.32 bits per heavy atom. The number of hydrogen-bond acceptors (Lipinski definition) is 6. The van der Waals surface area contributed by atoms with E-state index in [4.69, 9.17) is 0 Å². The maximum atomic E-state index is 12.8. The molecule has 7 heteroatoms. The summed E-state index contributed by atoms with van der Waals surface area (Å²) in [7, 11) is 0. The molecule has 1 saturated heterocycles. The minimum atomic E-state index is 0.101. The molecule has 0 radical (unpaired) electrons. The number of nitrogens with zero attached hydrogens (tertiary/aromatic N) is 4. The van der Waals surface area contributed by atoms with Gasteiger partial charge in [-0.3, -0.25) is 4.79 Å². The lowest BCUT2D eigenvalue weighted by Gasteiger charge is -2.29. The molecule has 1 unspecified atom stereocenters. The average Bonchev–Trinajstić information content (AvgIpc) is 3.25. The van der Waals surface area contributed by atoms with E-state index >= 15 is 0 Å². The number of fused-ring (bicyclic) bond motifs is 1. The van der Waals surface area contributed by atoms with Crippen molar-refractivity contribution in [1.82, 2.24) is 14.3 Å². The van der Waals surface area contributed by atoms with Gasteiger partial charge in [-0.05, 0) is 36.8 Å². The van der Waals surface area contributed by atoms with E-state index in [9.17, 15) is 4.79 Å². The Morgan fingerprint density at radius 1 is 1.41 bits per heavy atom. The summed E-state index contributed by atoms with van der Waals surface area (Å²) >= 11 is 3.24. The average molecular weight is 334 g/mol. The van der Waals surface area contributed by atoms with Crippen LogP contribution in [0.15, 0.2) is 11.4 Å². The molecule has 0 spiro atoms. The van der Waals surface area contributed by atoms with Gasteiger partial charge < -0.3 is 9.80 Å². The molecule has 4 heterocycles. The third kappa shape index (κ3) is 2.52. The van der Waals surface area contributed by atoms with E-state index in [0.717, 1.165) is 50.0 Å². The topological polar surface area (TPSA) is 49.3 Å². The van der Waals surface area contributed by atoms with Crippen molar-refractivity contribution < 1.29 is 4.79 Å². The van der Waals surface area contributed by atoms with Crippen LogP contribution in [0, 0.1) is 12.8 Å². The molecule has 1 fully saturated rings. The van der Waals surface area contributed by atoms with Crippen LogP contribution in [0.5, 0.6) is 0 Å². The van der Waals surface area contributed by atoms with Crippen LogP contribution in [-0.2, 0) is 17.8 Å². The van der Waals surface area contributed by atoms with Crippen LogP contribution in [-0.4, -0.2) is 39.8 Å². The Hall–Kier alpha value is -1.47. The highest BCUT2D eigenvalue weighted by Gasteiger charge is 2.34. The Kier molecular flexibility index (Phi) is 3.62. The Balaban J connectivity index is 1.42. The number of aryl methyl sites for hydroxylation is 1. The van der Waals surface area contributed by atoms with Crippen LogP contribution in [0.3, 0.4) is 0 Å². The second-order valence-electron chi connectivity index (χ2n) is 5.93. The highest BCUT2D eigenvalue weighted by atomic mass is 32.1. The summed E-state index contributed by atoms with van der Waals surface area (Å²) in [6, 6.07) is 2.16. The molecule has 2 aromatic heterocycles. The first kappa shape index (κ1) is 14.1. The zero-order chi connectivity index (χ0) is 15.1. The second-order valence-corrected chi connectivity index (χ2v) is 7.67. The summed E-state index contributed by atoms with van der Waals surface area (Å²) in [6.07, 6.45) is 1.93. The zero-order valence-corrected chi connectivity index (χ0v) is 14.1. The van der Waals surface area contributed by atoms with Gasteiger partial charge in [-0.15, -0.1) is 11.3 Å². The number of rotatable bonds is 2. The fraction of sp³-hybridized carbons (Fsp3) is 0.533. The number of carbonyl (C=O) groups excluding carboxylic acids is 1. The molecule has 0 aromatic carbocycles. The van der Waals surface area contributed by atoms with Gasteiger partial charge in [0.1, 0.15) is 5.82 Å². The summed E-state index contributed by atoms with van der Waals surface area (Å²) in [5.41, 5.74) is 1.33. The van der Waals surface area contributed by atoms with Gasteiger partial charge >= 0.3 is 0 Å². The quantitative estimate of drug-likeness (QED) is 0.846. The predicted octanol–water partition coefficient (Wildman–Crippen LogP) is 2.32. The smallest absolute Gasteiger partial charge is 0.227 e. The Morgan fingerprint density at radius 3 is 3.14 bits per heavy atom. The van der Waals surface area contributed by atoms with Crippen molar-refractivity contribution in [3.63, 3.8) is 0 Å². The molecule has 116 valence electrons. The van der Waals surface area contributed by atoms with Gasteiger partial charge in [0.15, 0.2) is 0 Å². The largest absolute Gasteiger partial charge is 0.346 e.